The van der Waals surface area contributed by atoms with E-state index in [0.717, 1.165) is 0 Å². The van der Waals surface area contributed by atoms with Crippen molar-refractivity contribution in [2.24, 2.45) is 0 Å². The maximum absolute atomic E-state index is 12.4. The van der Waals surface area contributed by atoms with E-state index in [1.807, 2.05) is 6.07 Å². The highest BCUT2D eigenvalue weighted by Crippen LogP contribution is 2.27. The van der Waals surface area contributed by atoms with Crippen LogP contribution >= 0.6 is 39.1 Å². The van der Waals surface area contributed by atoms with Crippen LogP contribution in [0.5, 0.6) is 0 Å². The van der Waals surface area contributed by atoms with Gasteiger partial charge in [-0.1, -0.05) is 35.3 Å². The molecular formula is C15H8BrCl2NO. The van der Waals surface area contributed by atoms with Crippen LogP contribution in [0.4, 0.5) is 0 Å². The molecule has 1 unspecified atom stereocenters. The van der Waals surface area contributed by atoms with E-state index in [0.29, 0.717) is 25.6 Å². The lowest BCUT2D eigenvalue weighted by Gasteiger charge is -2.09. The standard InChI is InChI=1S/C15H8BrCl2NO/c16-13-7-10(4-5-14(13)18)15(20)12(8-19)9-2-1-3-11(17)6-9/h1-7,12H. The van der Waals surface area contributed by atoms with Gasteiger partial charge in [0.1, 0.15) is 5.92 Å². The Morgan fingerprint density at radius 1 is 1.20 bits per heavy atom. The van der Waals surface area contributed by atoms with Crippen LogP contribution in [-0.4, -0.2) is 5.78 Å². The number of rotatable bonds is 3. The topological polar surface area (TPSA) is 40.9 Å². The van der Waals surface area contributed by atoms with Crippen LogP contribution in [0.1, 0.15) is 21.8 Å². The molecule has 0 aliphatic heterocycles. The van der Waals surface area contributed by atoms with Gasteiger partial charge < -0.3 is 0 Å². The Morgan fingerprint density at radius 3 is 2.55 bits per heavy atom. The number of nitrogens with zero attached hydrogens (tertiary/aromatic N) is 1. The van der Waals surface area contributed by atoms with Gasteiger partial charge >= 0.3 is 0 Å². The number of nitriles is 1. The van der Waals surface area contributed by atoms with Gasteiger partial charge in [0, 0.05) is 15.1 Å². The minimum atomic E-state index is -0.887. The SMILES string of the molecule is N#CC(C(=O)c1ccc(Cl)c(Br)c1)c1cccc(Cl)c1. The van der Waals surface area contributed by atoms with Crippen molar-refractivity contribution in [3.63, 3.8) is 0 Å². The third-order valence-corrected chi connectivity index (χ3v) is 4.23. The lowest BCUT2D eigenvalue weighted by atomic mass is 9.92. The molecule has 2 aromatic rings. The van der Waals surface area contributed by atoms with Crippen molar-refractivity contribution in [1.29, 1.82) is 5.26 Å². The number of hydrogen-bond donors (Lipinski definition) is 0. The molecule has 0 radical (unpaired) electrons. The van der Waals surface area contributed by atoms with Gasteiger partial charge in [-0.3, -0.25) is 4.79 Å². The van der Waals surface area contributed by atoms with E-state index in [9.17, 15) is 10.1 Å². The van der Waals surface area contributed by atoms with Crippen molar-refractivity contribution in [2.45, 2.75) is 5.92 Å². The van der Waals surface area contributed by atoms with Crippen molar-refractivity contribution < 1.29 is 4.79 Å². The Morgan fingerprint density at radius 2 is 1.95 bits per heavy atom. The Kier molecular flexibility index (Phi) is 4.82. The molecule has 2 nitrogen and oxygen atoms in total. The summed E-state index contributed by atoms with van der Waals surface area (Å²) in [6.07, 6.45) is 0. The van der Waals surface area contributed by atoms with Crippen LogP contribution in [-0.2, 0) is 0 Å². The summed E-state index contributed by atoms with van der Waals surface area (Å²) in [6.45, 7) is 0. The Balaban J connectivity index is 2.39. The molecule has 5 heteroatoms. The van der Waals surface area contributed by atoms with Gasteiger partial charge in [0.2, 0.25) is 0 Å². The molecule has 20 heavy (non-hydrogen) atoms. The van der Waals surface area contributed by atoms with E-state index in [4.69, 9.17) is 23.2 Å². The average Bonchev–Trinajstić information content (AvgIpc) is 2.42. The lowest BCUT2D eigenvalue weighted by Crippen LogP contribution is -2.11. The first-order valence-electron chi connectivity index (χ1n) is 5.67. The first kappa shape index (κ1) is 15.1. The van der Waals surface area contributed by atoms with E-state index in [-0.39, 0.29) is 5.78 Å². The molecule has 0 aliphatic carbocycles. The second kappa shape index (κ2) is 6.41. The van der Waals surface area contributed by atoms with Crippen LogP contribution in [0.3, 0.4) is 0 Å². The van der Waals surface area contributed by atoms with E-state index in [2.05, 4.69) is 15.9 Å². The zero-order chi connectivity index (χ0) is 14.7. The maximum atomic E-state index is 12.4. The van der Waals surface area contributed by atoms with Gasteiger partial charge in [0.25, 0.3) is 0 Å². The molecule has 0 aromatic heterocycles. The molecule has 0 aliphatic rings. The Hall–Kier alpha value is -1.34. The second-order valence-corrected chi connectivity index (χ2v) is 5.81. The van der Waals surface area contributed by atoms with Crippen molar-refractivity contribution in [3.8, 4) is 6.07 Å². The molecule has 0 bridgehead atoms. The number of benzene rings is 2. The van der Waals surface area contributed by atoms with Gasteiger partial charge in [-0.25, -0.2) is 0 Å². The van der Waals surface area contributed by atoms with Crippen molar-refractivity contribution in [1.82, 2.24) is 0 Å². The summed E-state index contributed by atoms with van der Waals surface area (Å²) < 4.78 is 0.618. The molecule has 2 aromatic carbocycles. The molecule has 0 amide bonds. The molecule has 0 saturated heterocycles. The predicted molar refractivity (Wildman–Crippen MR) is 83.3 cm³/mol. The number of halogens is 3. The highest BCUT2D eigenvalue weighted by molar-refractivity contribution is 9.10. The summed E-state index contributed by atoms with van der Waals surface area (Å²) in [5.74, 6) is -1.17. The van der Waals surface area contributed by atoms with E-state index in [1.165, 1.54) is 0 Å². The smallest absolute Gasteiger partial charge is 0.184 e. The molecular weight excluding hydrogens is 361 g/mol. The molecule has 1 atom stereocenters. The predicted octanol–water partition coefficient (Wildman–Crippen LogP) is 5.25. The normalized spacial score (nSPS) is 11.7. The molecule has 100 valence electrons. The minimum absolute atomic E-state index is 0.285. The number of ketones is 1. The Bertz CT molecular complexity index is 709. The summed E-state index contributed by atoms with van der Waals surface area (Å²) in [5.41, 5.74) is 1.00. The number of carbonyl (C=O) groups excluding carboxylic acids is 1. The largest absolute Gasteiger partial charge is 0.292 e. The number of Topliss-reactive ketones (excluding diaryl/α,β-unsaturated/α-hetero) is 1. The average molecular weight is 369 g/mol. The minimum Gasteiger partial charge on any atom is -0.292 e. The summed E-state index contributed by atoms with van der Waals surface area (Å²) in [7, 11) is 0. The summed E-state index contributed by atoms with van der Waals surface area (Å²) in [5, 5.41) is 10.3. The Labute approximate surface area is 135 Å². The molecule has 0 spiro atoms. The van der Waals surface area contributed by atoms with Crippen LogP contribution in [0.2, 0.25) is 10.0 Å². The number of hydrogen-bond acceptors (Lipinski definition) is 2. The van der Waals surface area contributed by atoms with Crippen LogP contribution < -0.4 is 0 Å². The highest BCUT2D eigenvalue weighted by Gasteiger charge is 2.22. The van der Waals surface area contributed by atoms with Crippen LogP contribution in [0, 0.1) is 11.3 Å². The summed E-state index contributed by atoms with van der Waals surface area (Å²) >= 11 is 15.1. The summed E-state index contributed by atoms with van der Waals surface area (Å²) in [6, 6.07) is 13.6. The van der Waals surface area contributed by atoms with Gasteiger partial charge in [0.15, 0.2) is 5.78 Å². The quantitative estimate of drug-likeness (QED) is 0.694. The van der Waals surface area contributed by atoms with Gasteiger partial charge in [-0.05, 0) is 51.8 Å². The van der Waals surface area contributed by atoms with Crippen LogP contribution in [0.15, 0.2) is 46.9 Å². The molecule has 2 rings (SSSR count). The first-order chi connectivity index (χ1) is 9.52. The molecule has 0 saturated carbocycles. The van der Waals surface area contributed by atoms with Gasteiger partial charge in [0.05, 0.1) is 11.1 Å². The zero-order valence-electron chi connectivity index (χ0n) is 10.1. The van der Waals surface area contributed by atoms with E-state index < -0.39 is 5.92 Å². The van der Waals surface area contributed by atoms with Crippen molar-refractivity contribution in [3.05, 3.63) is 68.1 Å². The summed E-state index contributed by atoms with van der Waals surface area (Å²) in [4.78, 5) is 12.4. The molecule has 0 fully saturated rings. The van der Waals surface area contributed by atoms with Crippen molar-refractivity contribution >= 4 is 44.9 Å². The fourth-order valence-electron chi connectivity index (χ4n) is 1.79. The lowest BCUT2D eigenvalue weighted by molar-refractivity contribution is 0.0979. The fourth-order valence-corrected chi connectivity index (χ4v) is 2.48. The van der Waals surface area contributed by atoms with Crippen LogP contribution in [0.25, 0.3) is 0 Å². The van der Waals surface area contributed by atoms with Crippen molar-refractivity contribution in [2.75, 3.05) is 0 Å². The highest BCUT2D eigenvalue weighted by atomic mass is 79.9. The first-order valence-corrected chi connectivity index (χ1v) is 7.22. The van der Waals surface area contributed by atoms with Gasteiger partial charge in [-0.15, -0.1) is 0 Å². The third kappa shape index (κ3) is 3.21. The monoisotopic (exact) mass is 367 g/mol. The van der Waals surface area contributed by atoms with E-state index >= 15 is 0 Å². The van der Waals surface area contributed by atoms with E-state index in [1.54, 1.807) is 42.5 Å². The van der Waals surface area contributed by atoms with Gasteiger partial charge in [-0.2, -0.15) is 5.26 Å². The fraction of sp³-hybridized carbons (Fsp3) is 0.0667. The second-order valence-electron chi connectivity index (χ2n) is 4.11. The number of carbonyl (C=O) groups is 1. The zero-order valence-corrected chi connectivity index (χ0v) is 13.2. The third-order valence-electron chi connectivity index (χ3n) is 2.78. The molecule has 0 heterocycles. The maximum Gasteiger partial charge on any atom is 0.184 e. The molecule has 0 N–H and O–H groups in total.